The highest BCUT2D eigenvalue weighted by Gasteiger charge is 2.21. The largest absolute Gasteiger partial charge is 0.394 e. The van der Waals surface area contributed by atoms with Crippen LogP contribution >= 0.6 is 0 Å². The molecule has 0 aliphatic carbocycles. The van der Waals surface area contributed by atoms with Crippen LogP contribution < -0.4 is 21.3 Å². The van der Waals surface area contributed by atoms with Crippen molar-refractivity contribution < 1.29 is 17.5 Å². The molecule has 4 heterocycles. The van der Waals surface area contributed by atoms with Crippen LogP contribution in [-0.4, -0.2) is 76.7 Å². The highest BCUT2D eigenvalue weighted by Crippen LogP contribution is 2.19. The zero-order chi connectivity index (χ0) is 24.1. The predicted octanol–water partition coefficient (Wildman–Crippen LogP) is 0.651. The van der Waals surface area contributed by atoms with Gasteiger partial charge in [-0.2, -0.15) is 8.42 Å². The first-order valence-electron chi connectivity index (χ1n) is 10.9. The van der Waals surface area contributed by atoms with Crippen molar-refractivity contribution in [1.29, 1.82) is 0 Å². The molecule has 2 saturated heterocycles. The normalized spacial score (nSPS) is 20.7. The lowest BCUT2D eigenvalue weighted by Crippen LogP contribution is -2.39. The zero-order valence-electron chi connectivity index (χ0n) is 18.6. The van der Waals surface area contributed by atoms with E-state index in [0.717, 1.165) is 51.2 Å². The number of hydrogen-bond donors (Lipinski definition) is 4. The topological polar surface area (TPSA) is 185 Å². The number of anilines is 2. The first-order valence-corrected chi connectivity index (χ1v) is 12.3. The third-order valence-corrected chi connectivity index (χ3v) is 5.37. The van der Waals surface area contributed by atoms with Crippen LogP contribution in [0.5, 0.6) is 0 Å². The average molecular weight is 483 g/mol. The highest BCUT2D eigenvalue weighted by atomic mass is 32.3. The molecule has 0 amide bonds. The van der Waals surface area contributed by atoms with Crippen molar-refractivity contribution in [2.24, 2.45) is 23.3 Å². The van der Waals surface area contributed by atoms with Gasteiger partial charge in [0.25, 0.3) is 0 Å². The number of nitrogens with zero attached hydrogens (tertiary/aromatic N) is 6. The molecule has 12 nitrogen and oxygen atoms in total. The van der Waals surface area contributed by atoms with Gasteiger partial charge in [-0.1, -0.05) is 0 Å². The van der Waals surface area contributed by atoms with Gasteiger partial charge >= 0.3 is 10.4 Å². The quantitative estimate of drug-likeness (QED) is 0.447. The first-order chi connectivity index (χ1) is 15.8. The van der Waals surface area contributed by atoms with E-state index in [0.29, 0.717) is 11.8 Å². The van der Waals surface area contributed by atoms with E-state index in [-0.39, 0.29) is 0 Å². The summed E-state index contributed by atoms with van der Waals surface area (Å²) in [6.45, 7) is 5.65. The summed E-state index contributed by atoms with van der Waals surface area (Å²) >= 11 is 0. The molecule has 0 bridgehead atoms. The van der Waals surface area contributed by atoms with Crippen LogP contribution in [0.4, 0.5) is 11.9 Å². The lowest BCUT2D eigenvalue weighted by atomic mass is 9.99. The van der Waals surface area contributed by atoms with Gasteiger partial charge in [0, 0.05) is 51.0 Å². The van der Waals surface area contributed by atoms with Gasteiger partial charge in [0.15, 0.2) is 0 Å². The third kappa shape index (κ3) is 10.8. The molecule has 2 aliphatic heterocycles. The first kappa shape index (κ1) is 26.8. The molecule has 2 aliphatic rings. The summed E-state index contributed by atoms with van der Waals surface area (Å²) < 4.78 is 31.6. The zero-order valence-corrected chi connectivity index (χ0v) is 19.5. The van der Waals surface area contributed by atoms with Crippen LogP contribution in [0.2, 0.25) is 0 Å². The maximum Gasteiger partial charge on any atom is 0.394 e. The van der Waals surface area contributed by atoms with Gasteiger partial charge in [0.1, 0.15) is 0 Å². The summed E-state index contributed by atoms with van der Waals surface area (Å²) in [7, 11) is -4.67. The molecule has 6 N–H and O–H groups in total. The second-order valence-electron chi connectivity index (χ2n) is 7.93. The van der Waals surface area contributed by atoms with Gasteiger partial charge in [-0.3, -0.25) is 9.11 Å². The minimum absolute atomic E-state index is 0.604. The fourth-order valence-electron chi connectivity index (χ4n) is 3.79. The molecule has 0 aromatic carbocycles. The second-order valence-corrected chi connectivity index (χ2v) is 8.82. The van der Waals surface area contributed by atoms with Gasteiger partial charge < -0.3 is 21.3 Å². The van der Waals surface area contributed by atoms with Gasteiger partial charge in [0.2, 0.25) is 11.9 Å². The van der Waals surface area contributed by atoms with Crippen molar-refractivity contribution in [3.63, 3.8) is 0 Å². The Kier molecular flexibility index (Phi) is 11.3. The number of piperidine rings is 2. The van der Waals surface area contributed by atoms with Crippen LogP contribution in [0.25, 0.3) is 0 Å². The van der Waals surface area contributed by atoms with E-state index in [1.807, 2.05) is 12.1 Å². The van der Waals surface area contributed by atoms with Gasteiger partial charge in [0.05, 0.1) is 0 Å². The molecule has 2 atom stereocenters. The Balaban J connectivity index is 0.000000195. The molecule has 0 radical (unpaired) electrons. The predicted molar refractivity (Wildman–Crippen MR) is 126 cm³/mol. The molecule has 4 rings (SSSR count). The second kappa shape index (κ2) is 14.0. The van der Waals surface area contributed by atoms with Crippen molar-refractivity contribution in [3.05, 3.63) is 36.9 Å². The van der Waals surface area contributed by atoms with E-state index in [4.69, 9.17) is 29.0 Å². The summed E-state index contributed by atoms with van der Waals surface area (Å²) in [6.07, 6.45) is 12.0. The van der Waals surface area contributed by atoms with E-state index < -0.39 is 10.4 Å². The standard InChI is InChI=1S/2C10H16N4.H2O4S/c2*11-7-9-3-1-6-14(8-9)10-12-4-2-5-13-10;1-5(2,3)4/h2*2,4-5,9H,1,3,6-8,11H2;(H2,1,2,3,4). The Morgan fingerprint density at radius 2 is 1.12 bits per heavy atom. The number of aromatic nitrogens is 4. The lowest BCUT2D eigenvalue weighted by molar-refractivity contribution is 0.381. The SMILES string of the molecule is NCC1CCCN(c2ncccn2)C1.NCC1CCCN(c2ncccn2)C1.O=S(=O)(O)O. The molecule has 2 aromatic rings. The monoisotopic (exact) mass is 482 g/mol. The van der Waals surface area contributed by atoms with Gasteiger partial charge in [-0.15, -0.1) is 0 Å². The Morgan fingerprint density at radius 3 is 1.42 bits per heavy atom. The Labute approximate surface area is 195 Å². The van der Waals surface area contributed by atoms with Crippen molar-refractivity contribution in [1.82, 2.24) is 19.9 Å². The van der Waals surface area contributed by atoms with E-state index in [1.165, 1.54) is 25.7 Å². The van der Waals surface area contributed by atoms with Crippen LogP contribution in [0, 0.1) is 11.8 Å². The summed E-state index contributed by atoms with van der Waals surface area (Å²) in [5.41, 5.74) is 11.4. The molecule has 0 saturated carbocycles. The van der Waals surface area contributed by atoms with E-state index in [2.05, 4.69) is 29.7 Å². The molecule has 33 heavy (non-hydrogen) atoms. The summed E-state index contributed by atoms with van der Waals surface area (Å²) in [5.74, 6) is 2.89. The molecule has 0 spiro atoms. The van der Waals surface area contributed by atoms with Crippen molar-refractivity contribution >= 4 is 22.3 Å². The molecular formula is C20H34N8O4S. The number of nitrogens with two attached hydrogens (primary N) is 2. The maximum absolute atomic E-state index is 8.74. The summed E-state index contributed by atoms with van der Waals surface area (Å²) in [4.78, 5) is 21.4. The number of rotatable bonds is 4. The highest BCUT2D eigenvalue weighted by molar-refractivity contribution is 7.79. The van der Waals surface area contributed by atoms with Gasteiger partial charge in [-0.05, 0) is 62.7 Å². The Bertz CT molecular complexity index is 824. The fraction of sp³-hybridized carbons (Fsp3) is 0.600. The van der Waals surface area contributed by atoms with E-state index in [9.17, 15) is 0 Å². The van der Waals surface area contributed by atoms with Crippen molar-refractivity contribution in [2.45, 2.75) is 25.7 Å². The Hall–Kier alpha value is -2.45. The smallest absolute Gasteiger partial charge is 0.341 e. The molecule has 2 unspecified atom stereocenters. The average Bonchev–Trinajstić information content (AvgIpc) is 2.84. The Morgan fingerprint density at radius 1 is 0.788 bits per heavy atom. The van der Waals surface area contributed by atoms with Crippen molar-refractivity contribution in [2.75, 3.05) is 49.1 Å². The lowest BCUT2D eigenvalue weighted by Gasteiger charge is -2.31. The van der Waals surface area contributed by atoms with Crippen LogP contribution in [-0.2, 0) is 10.4 Å². The molecular weight excluding hydrogens is 448 g/mol. The third-order valence-electron chi connectivity index (χ3n) is 5.37. The molecule has 2 aromatic heterocycles. The minimum Gasteiger partial charge on any atom is -0.341 e. The number of hydrogen-bond acceptors (Lipinski definition) is 10. The molecule has 184 valence electrons. The van der Waals surface area contributed by atoms with Crippen LogP contribution in [0.3, 0.4) is 0 Å². The van der Waals surface area contributed by atoms with Crippen molar-refractivity contribution in [3.8, 4) is 0 Å². The maximum atomic E-state index is 8.74. The molecule has 13 heteroatoms. The van der Waals surface area contributed by atoms with E-state index >= 15 is 0 Å². The van der Waals surface area contributed by atoms with Gasteiger partial charge in [-0.25, -0.2) is 19.9 Å². The van der Waals surface area contributed by atoms with E-state index in [1.54, 1.807) is 24.8 Å². The molecule has 2 fully saturated rings. The van der Waals surface area contributed by atoms with Crippen LogP contribution in [0.1, 0.15) is 25.7 Å². The van der Waals surface area contributed by atoms with Crippen LogP contribution in [0.15, 0.2) is 36.9 Å². The fourth-order valence-corrected chi connectivity index (χ4v) is 3.79. The summed E-state index contributed by atoms with van der Waals surface area (Å²) in [6, 6.07) is 3.68. The summed E-state index contributed by atoms with van der Waals surface area (Å²) in [5, 5.41) is 0. The minimum atomic E-state index is -4.67.